The first-order valence-corrected chi connectivity index (χ1v) is 3.54. The third-order valence-corrected chi connectivity index (χ3v) is 1.69. The van der Waals surface area contributed by atoms with Gasteiger partial charge in [0, 0.05) is 12.4 Å². The second-order valence-electron chi connectivity index (χ2n) is 2.16. The van der Waals surface area contributed by atoms with E-state index in [1.54, 1.807) is 6.07 Å². The van der Waals surface area contributed by atoms with Crippen LogP contribution in [-0.4, -0.2) is 11.7 Å². The molecular weight excluding hydrogens is 202 g/mol. The van der Waals surface area contributed by atoms with Crippen LogP contribution in [0.3, 0.4) is 0 Å². The Morgan fingerprint density at radius 3 is 2.83 bits per heavy atom. The molecule has 0 fully saturated rings. The van der Waals surface area contributed by atoms with Gasteiger partial charge in [-0.1, -0.05) is 11.6 Å². The second-order valence-corrected chi connectivity index (χ2v) is 2.57. The average molecular weight is 211 g/mol. The van der Waals surface area contributed by atoms with E-state index >= 15 is 0 Å². The Labute approximate surface area is 81.3 Å². The Balaban J connectivity index is 0.00000121. The summed E-state index contributed by atoms with van der Waals surface area (Å²) in [4.78, 5) is 3.75. The molecule has 0 unspecified atom stereocenters. The Bertz CT molecular complexity index is 245. The van der Waals surface area contributed by atoms with Crippen LogP contribution in [0, 0.1) is 0 Å². The fraction of sp³-hybridized carbons (Fsp3) is 0.286. The third kappa shape index (κ3) is 2.59. The molecule has 1 atom stereocenters. The highest BCUT2D eigenvalue weighted by molar-refractivity contribution is 6.31. The molecule has 12 heavy (non-hydrogen) atoms. The van der Waals surface area contributed by atoms with Gasteiger partial charge in [0.1, 0.15) is 6.67 Å². The van der Waals surface area contributed by atoms with Gasteiger partial charge in [-0.2, -0.15) is 0 Å². The highest BCUT2D eigenvalue weighted by atomic mass is 35.5. The monoisotopic (exact) mass is 210 g/mol. The lowest BCUT2D eigenvalue weighted by molar-refractivity contribution is 0.437. The minimum absolute atomic E-state index is 0. The van der Waals surface area contributed by atoms with Gasteiger partial charge in [-0.25, -0.2) is 4.39 Å². The van der Waals surface area contributed by atoms with Crippen molar-refractivity contribution in [1.29, 1.82) is 0 Å². The number of alkyl halides is 1. The molecule has 1 aromatic rings. The molecule has 0 amide bonds. The van der Waals surface area contributed by atoms with Crippen LogP contribution in [-0.2, 0) is 0 Å². The van der Waals surface area contributed by atoms with E-state index in [-0.39, 0.29) is 12.4 Å². The van der Waals surface area contributed by atoms with Gasteiger partial charge in [0.2, 0.25) is 0 Å². The zero-order valence-electron chi connectivity index (χ0n) is 6.21. The molecule has 0 aromatic carbocycles. The first-order valence-electron chi connectivity index (χ1n) is 3.16. The topological polar surface area (TPSA) is 38.9 Å². The van der Waals surface area contributed by atoms with Crippen LogP contribution in [0.4, 0.5) is 4.39 Å². The molecule has 5 heteroatoms. The van der Waals surface area contributed by atoms with E-state index in [0.29, 0.717) is 10.6 Å². The summed E-state index contributed by atoms with van der Waals surface area (Å²) in [6.07, 6.45) is 2.99. The molecule has 1 heterocycles. The standard InChI is InChI=1S/C7H8ClFN2.ClH/c8-6-4-11-2-1-5(6)7(10)3-9;/h1-2,4,7H,3,10H2;1H/t7-;/m0./s1. The minimum Gasteiger partial charge on any atom is -0.322 e. The van der Waals surface area contributed by atoms with Gasteiger partial charge in [0.15, 0.2) is 0 Å². The van der Waals surface area contributed by atoms with Crippen molar-refractivity contribution in [3.05, 3.63) is 29.0 Å². The highest BCUT2D eigenvalue weighted by Gasteiger charge is 2.08. The first-order chi connectivity index (χ1) is 5.25. The van der Waals surface area contributed by atoms with Gasteiger partial charge in [0.05, 0.1) is 11.1 Å². The number of nitrogens with two attached hydrogens (primary N) is 1. The Kier molecular flexibility index (Phi) is 5.13. The predicted molar refractivity (Wildman–Crippen MR) is 49.4 cm³/mol. The van der Waals surface area contributed by atoms with E-state index < -0.39 is 12.7 Å². The Morgan fingerprint density at radius 2 is 2.33 bits per heavy atom. The fourth-order valence-electron chi connectivity index (χ4n) is 0.770. The maximum atomic E-state index is 12.0. The van der Waals surface area contributed by atoms with Gasteiger partial charge in [-0.3, -0.25) is 4.98 Å². The number of hydrogen-bond donors (Lipinski definition) is 1. The lowest BCUT2D eigenvalue weighted by Crippen LogP contribution is -2.12. The van der Waals surface area contributed by atoms with Gasteiger partial charge in [-0.15, -0.1) is 12.4 Å². The highest BCUT2D eigenvalue weighted by Crippen LogP contribution is 2.19. The molecule has 2 N–H and O–H groups in total. The number of aromatic nitrogens is 1. The smallest absolute Gasteiger partial charge is 0.109 e. The number of halogens is 3. The van der Waals surface area contributed by atoms with Gasteiger partial charge < -0.3 is 5.73 Å². The number of pyridine rings is 1. The van der Waals surface area contributed by atoms with Gasteiger partial charge in [-0.05, 0) is 11.6 Å². The van der Waals surface area contributed by atoms with Crippen molar-refractivity contribution in [3.8, 4) is 0 Å². The van der Waals surface area contributed by atoms with E-state index in [2.05, 4.69) is 4.98 Å². The van der Waals surface area contributed by atoms with Crippen molar-refractivity contribution in [2.75, 3.05) is 6.67 Å². The van der Waals surface area contributed by atoms with Crippen LogP contribution in [0.2, 0.25) is 5.02 Å². The van der Waals surface area contributed by atoms with Gasteiger partial charge in [0.25, 0.3) is 0 Å². The summed E-state index contributed by atoms with van der Waals surface area (Å²) in [6.45, 7) is -0.607. The van der Waals surface area contributed by atoms with Crippen LogP contribution >= 0.6 is 24.0 Å². The van der Waals surface area contributed by atoms with Crippen molar-refractivity contribution < 1.29 is 4.39 Å². The summed E-state index contributed by atoms with van der Waals surface area (Å²) in [5.74, 6) is 0. The normalized spacial score (nSPS) is 11.9. The molecule has 0 bridgehead atoms. The largest absolute Gasteiger partial charge is 0.322 e. The van der Waals surface area contributed by atoms with Crippen LogP contribution in [0.25, 0.3) is 0 Å². The number of hydrogen-bond acceptors (Lipinski definition) is 2. The molecule has 0 saturated carbocycles. The van der Waals surface area contributed by atoms with Crippen molar-refractivity contribution >= 4 is 24.0 Å². The molecule has 0 radical (unpaired) electrons. The molecule has 1 aromatic heterocycles. The molecule has 1 rings (SSSR count). The SMILES string of the molecule is Cl.N[C@@H](CF)c1ccncc1Cl. The zero-order valence-corrected chi connectivity index (χ0v) is 7.78. The fourth-order valence-corrected chi connectivity index (χ4v) is 1.03. The van der Waals surface area contributed by atoms with Gasteiger partial charge >= 0.3 is 0 Å². The van der Waals surface area contributed by atoms with E-state index in [1.165, 1.54) is 12.4 Å². The summed E-state index contributed by atoms with van der Waals surface area (Å²) >= 11 is 5.69. The number of rotatable bonds is 2. The Hall–Kier alpha value is -0.380. The van der Waals surface area contributed by atoms with E-state index in [4.69, 9.17) is 17.3 Å². The summed E-state index contributed by atoms with van der Waals surface area (Å²) in [5.41, 5.74) is 6.01. The van der Waals surface area contributed by atoms with Crippen molar-refractivity contribution in [2.24, 2.45) is 5.73 Å². The van der Waals surface area contributed by atoms with Crippen molar-refractivity contribution in [1.82, 2.24) is 4.98 Å². The maximum Gasteiger partial charge on any atom is 0.109 e. The molecule has 0 saturated heterocycles. The molecule has 0 aliphatic heterocycles. The molecule has 0 aliphatic rings. The number of nitrogens with zero attached hydrogens (tertiary/aromatic N) is 1. The minimum atomic E-state index is -0.634. The van der Waals surface area contributed by atoms with Crippen LogP contribution in [0.15, 0.2) is 18.5 Å². The summed E-state index contributed by atoms with van der Waals surface area (Å²) < 4.78 is 12.0. The van der Waals surface area contributed by atoms with Crippen LogP contribution < -0.4 is 5.73 Å². The van der Waals surface area contributed by atoms with Crippen LogP contribution in [0.5, 0.6) is 0 Å². The lowest BCUT2D eigenvalue weighted by Gasteiger charge is -2.07. The molecule has 68 valence electrons. The van der Waals surface area contributed by atoms with E-state index in [1.807, 2.05) is 0 Å². The summed E-state index contributed by atoms with van der Waals surface area (Å²) in [5, 5.41) is 0.414. The molecular formula is C7H9Cl2FN2. The molecule has 0 spiro atoms. The van der Waals surface area contributed by atoms with E-state index in [0.717, 1.165) is 0 Å². The average Bonchev–Trinajstić information content (AvgIpc) is 2.04. The van der Waals surface area contributed by atoms with Crippen molar-refractivity contribution in [2.45, 2.75) is 6.04 Å². The van der Waals surface area contributed by atoms with Crippen molar-refractivity contribution in [3.63, 3.8) is 0 Å². The predicted octanol–water partition coefficient (Wildman–Crippen LogP) is 2.13. The Morgan fingerprint density at radius 1 is 1.67 bits per heavy atom. The quantitative estimate of drug-likeness (QED) is 0.813. The summed E-state index contributed by atoms with van der Waals surface area (Å²) in [7, 11) is 0. The first kappa shape index (κ1) is 11.6. The summed E-state index contributed by atoms with van der Waals surface area (Å²) in [6, 6.07) is 0.984. The van der Waals surface area contributed by atoms with E-state index in [9.17, 15) is 4.39 Å². The molecule has 0 aliphatic carbocycles. The second kappa shape index (κ2) is 5.30. The lowest BCUT2D eigenvalue weighted by atomic mass is 10.1. The maximum absolute atomic E-state index is 12.0. The zero-order chi connectivity index (χ0) is 8.27. The third-order valence-electron chi connectivity index (χ3n) is 1.37. The van der Waals surface area contributed by atoms with Crippen LogP contribution in [0.1, 0.15) is 11.6 Å². The molecule has 2 nitrogen and oxygen atoms in total.